The predicted molar refractivity (Wildman–Crippen MR) is 179 cm³/mol. The van der Waals surface area contributed by atoms with Gasteiger partial charge in [0.2, 0.25) is 0 Å². The minimum atomic E-state index is -1.09. The van der Waals surface area contributed by atoms with Crippen LogP contribution in [0.1, 0.15) is 130 Å². The lowest BCUT2D eigenvalue weighted by Crippen LogP contribution is -2.58. The first-order valence-electron chi connectivity index (χ1n) is 17.4. The summed E-state index contributed by atoms with van der Waals surface area (Å²) in [4.78, 5) is 0. The maximum atomic E-state index is 10.5. The van der Waals surface area contributed by atoms with E-state index in [0.29, 0.717) is 13.2 Å². The van der Waals surface area contributed by atoms with Crippen molar-refractivity contribution in [3.05, 3.63) is 69.8 Å². The molecule has 0 bridgehead atoms. The molecule has 45 heavy (non-hydrogen) atoms. The van der Waals surface area contributed by atoms with Gasteiger partial charge in [-0.3, -0.25) is 0 Å². The summed E-state index contributed by atoms with van der Waals surface area (Å²) in [7, 11) is 0. The molecule has 4 rings (SSSR count). The molecule has 2 saturated heterocycles. The summed E-state index contributed by atoms with van der Waals surface area (Å²) in [5.41, 5.74) is 6.43. The number of aliphatic hydroxyl groups is 3. The third-order valence-electron chi connectivity index (χ3n) is 9.15. The topological polar surface area (TPSA) is 97.6 Å². The molecule has 6 atom stereocenters. The molecule has 2 aliphatic rings. The van der Waals surface area contributed by atoms with Crippen LogP contribution in [0.3, 0.4) is 0 Å². The third-order valence-corrected chi connectivity index (χ3v) is 9.15. The van der Waals surface area contributed by atoms with Crippen molar-refractivity contribution in [2.24, 2.45) is 0 Å². The van der Waals surface area contributed by atoms with Crippen LogP contribution in [0.5, 0.6) is 0 Å². The first-order valence-corrected chi connectivity index (χ1v) is 17.4. The largest absolute Gasteiger partial charge is 0.396 e. The van der Waals surface area contributed by atoms with Gasteiger partial charge in [-0.05, 0) is 56.4 Å². The Morgan fingerprint density at radius 2 is 1.16 bits per heavy atom. The molecule has 0 aromatic heterocycles. The zero-order valence-corrected chi connectivity index (χ0v) is 28.5. The molecule has 0 spiro atoms. The maximum Gasteiger partial charge on any atom is 0.184 e. The van der Waals surface area contributed by atoms with E-state index in [2.05, 4.69) is 13.8 Å². The average Bonchev–Trinajstić information content (AvgIpc) is 3.05. The van der Waals surface area contributed by atoms with E-state index in [1.807, 2.05) is 57.2 Å². The summed E-state index contributed by atoms with van der Waals surface area (Å²) < 4.78 is 24.4. The van der Waals surface area contributed by atoms with Gasteiger partial charge in [0.25, 0.3) is 0 Å². The van der Waals surface area contributed by atoms with E-state index in [0.717, 1.165) is 28.7 Å². The maximum absolute atomic E-state index is 10.5. The lowest BCUT2D eigenvalue weighted by atomic mass is 9.98. The number of hydrogen-bond donors (Lipinski definition) is 3. The molecule has 7 nitrogen and oxygen atoms in total. The highest BCUT2D eigenvalue weighted by Crippen LogP contribution is 2.39. The molecule has 7 heteroatoms. The van der Waals surface area contributed by atoms with E-state index in [1.165, 1.54) is 81.8 Å². The van der Waals surface area contributed by atoms with E-state index >= 15 is 0 Å². The van der Waals surface area contributed by atoms with Gasteiger partial charge in [0, 0.05) is 17.7 Å². The molecule has 2 aromatic carbocycles. The van der Waals surface area contributed by atoms with Crippen LogP contribution in [0.15, 0.2) is 36.4 Å². The number of ether oxygens (including phenoxy) is 4. The first-order chi connectivity index (χ1) is 21.8. The van der Waals surface area contributed by atoms with Gasteiger partial charge in [-0.2, -0.15) is 0 Å². The summed E-state index contributed by atoms with van der Waals surface area (Å²) in [5, 5.41) is 28.7. The van der Waals surface area contributed by atoms with Crippen molar-refractivity contribution in [2.75, 3.05) is 19.8 Å². The normalized spacial score (nSPS) is 23.6. The molecular formula is C38H60O7. The minimum absolute atomic E-state index is 0.307. The molecule has 2 unspecified atom stereocenters. The van der Waals surface area contributed by atoms with Crippen molar-refractivity contribution < 1.29 is 34.3 Å². The van der Waals surface area contributed by atoms with Gasteiger partial charge in [0.1, 0.15) is 24.4 Å². The van der Waals surface area contributed by atoms with Crippen LogP contribution in [0.4, 0.5) is 0 Å². The molecule has 0 amide bonds. The van der Waals surface area contributed by atoms with Crippen LogP contribution < -0.4 is 0 Å². The predicted octanol–water partition coefficient (Wildman–Crippen LogP) is 7.85. The Hall–Kier alpha value is -1.84. The van der Waals surface area contributed by atoms with Crippen LogP contribution in [-0.4, -0.2) is 59.6 Å². The van der Waals surface area contributed by atoms with Crippen LogP contribution in [0, 0.1) is 27.7 Å². The molecule has 0 radical (unpaired) electrons. The smallest absolute Gasteiger partial charge is 0.184 e. The Morgan fingerprint density at radius 1 is 0.644 bits per heavy atom. The third kappa shape index (κ3) is 12.0. The average molecular weight is 629 g/mol. The molecule has 2 aromatic rings. The van der Waals surface area contributed by atoms with Crippen molar-refractivity contribution in [3.63, 3.8) is 0 Å². The van der Waals surface area contributed by atoms with Crippen molar-refractivity contribution in [1.82, 2.24) is 0 Å². The lowest BCUT2D eigenvalue weighted by molar-refractivity contribution is -0.373. The number of unbranched alkanes of at least 4 members (excludes halogenated alkanes) is 11. The molecule has 2 aliphatic heterocycles. The highest BCUT2D eigenvalue weighted by molar-refractivity contribution is 5.32. The van der Waals surface area contributed by atoms with Crippen molar-refractivity contribution in [2.45, 2.75) is 149 Å². The van der Waals surface area contributed by atoms with Gasteiger partial charge in [0.05, 0.1) is 13.2 Å². The minimum Gasteiger partial charge on any atom is -0.396 e. The van der Waals surface area contributed by atoms with Crippen LogP contribution in [0.25, 0.3) is 0 Å². The van der Waals surface area contributed by atoms with Crippen LogP contribution in [-0.2, 0) is 18.9 Å². The van der Waals surface area contributed by atoms with E-state index in [-0.39, 0.29) is 0 Å². The summed E-state index contributed by atoms with van der Waals surface area (Å²) in [6, 6.07) is 12.1. The summed E-state index contributed by atoms with van der Waals surface area (Å²) in [5.74, 6) is 0. The number of rotatable bonds is 16. The molecular weight excluding hydrogens is 568 g/mol. The Kier molecular flexibility index (Phi) is 17.1. The van der Waals surface area contributed by atoms with Gasteiger partial charge < -0.3 is 34.3 Å². The van der Waals surface area contributed by atoms with Crippen LogP contribution in [0.2, 0.25) is 0 Å². The summed E-state index contributed by atoms with van der Waals surface area (Å²) >= 11 is 0. The van der Waals surface area contributed by atoms with Gasteiger partial charge >= 0.3 is 0 Å². The number of aliphatic hydroxyl groups excluding tert-OH is 3. The van der Waals surface area contributed by atoms with Gasteiger partial charge in [-0.25, -0.2) is 0 Å². The Morgan fingerprint density at radius 3 is 1.64 bits per heavy atom. The first kappa shape index (κ1) is 37.6. The van der Waals surface area contributed by atoms with E-state index < -0.39 is 43.6 Å². The number of fused-ring (bicyclic) bond motifs is 1. The zero-order valence-electron chi connectivity index (χ0n) is 28.5. The Bertz CT molecular complexity index is 1090. The SMILES string of the molecule is CCCCCCCCCCCCCCO.Cc1ccc(C2OC[C@@H]3OC(c4ccc(C)c(C)c4)O[C@H]([C@H](O)CO)[C@@H]3O2)cc1C. The van der Waals surface area contributed by atoms with Crippen molar-refractivity contribution >= 4 is 0 Å². The molecule has 254 valence electrons. The molecule has 2 fully saturated rings. The van der Waals surface area contributed by atoms with Crippen molar-refractivity contribution in [3.8, 4) is 0 Å². The second-order valence-corrected chi connectivity index (χ2v) is 12.9. The van der Waals surface area contributed by atoms with Crippen LogP contribution >= 0.6 is 0 Å². The van der Waals surface area contributed by atoms with Gasteiger partial charge in [-0.1, -0.05) is 114 Å². The number of benzene rings is 2. The second-order valence-electron chi connectivity index (χ2n) is 12.9. The van der Waals surface area contributed by atoms with E-state index in [1.54, 1.807) is 0 Å². The molecule has 0 aliphatic carbocycles. The monoisotopic (exact) mass is 628 g/mol. The fraction of sp³-hybridized carbons (Fsp3) is 0.684. The van der Waals surface area contributed by atoms with E-state index in [9.17, 15) is 10.2 Å². The second kappa shape index (κ2) is 20.4. The quantitative estimate of drug-likeness (QED) is 0.163. The highest BCUT2D eigenvalue weighted by atomic mass is 16.8. The Labute approximate surface area is 272 Å². The van der Waals surface area contributed by atoms with Gasteiger partial charge in [-0.15, -0.1) is 0 Å². The number of aryl methyl sites for hydroxylation is 4. The van der Waals surface area contributed by atoms with E-state index in [4.69, 9.17) is 24.1 Å². The standard InChI is InChI=1S/C24H30O6.C14H30O/c1-13-5-7-17(9-15(13)3)23-27-12-20-22(30-23)21(19(26)11-25)29-24(28-20)18-8-6-14(2)16(4)10-18;1-2-3-4-5-6-7-8-9-10-11-12-13-14-15/h5-10,19-26H,11-12H2,1-4H3;15H,2-14H2,1H3/t19-,20+,21-,22-,23?,24?;/m1./s1. The molecule has 2 heterocycles. The molecule has 0 saturated carbocycles. The van der Waals surface area contributed by atoms with Crippen molar-refractivity contribution in [1.29, 1.82) is 0 Å². The summed E-state index contributed by atoms with van der Waals surface area (Å²) in [6.45, 7) is 10.7. The number of hydrogen-bond acceptors (Lipinski definition) is 7. The lowest BCUT2D eigenvalue weighted by Gasteiger charge is -2.47. The molecule has 3 N–H and O–H groups in total. The highest BCUT2D eigenvalue weighted by Gasteiger charge is 2.48. The fourth-order valence-electron chi connectivity index (χ4n) is 5.88. The Balaban J connectivity index is 0.000000313. The fourth-order valence-corrected chi connectivity index (χ4v) is 5.88. The van der Waals surface area contributed by atoms with Gasteiger partial charge in [0.15, 0.2) is 12.6 Å². The summed E-state index contributed by atoms with van der Waals surface area (Å²) in [6.07, 6.45) is 12.2. The zero-order chi connectivity index (χ0) is 32.6.